The van der Waals surface area contributed by atoms with Crippen LogP contribution in [-0.2, 0) is 35.5 Å². The molecule has 0 bridgehead atoms. The lowest BCUT2D eigenvalue weighted by Crippen LogP contribution is -2.25. The van der Waals surface area contributed by atoms with Gasteiger partial charge < -0.3 is 19.9 Å². The van der Waals surface area contributed by atoms with Crippen LogP contribution in [0.3, 0.4) is 0 Å². The predicted molar refractivity (Wildman–Crippen MR) is 149 cm³/mol. The summed E-state index contributed by atoms with van der Waals surface area (Å²) < 4.78 is 20.7. The first-order chi connectivity index (χ1) is 18.8. The van der Waals surface area contributed by atoms with E-state index in [1.165, 1.54) is 47.4 Å². The van der Waals surface area contributed by atoms with Crippen LogP contribution in [0.25, 0.3) is 0 Å². The van der Waals surface area contributed by atoms with E-state index in [9.17, 15) is 18.8 Å². The number of benzene rings is 1. The number of carbonyl (C=O) groups excluding carboxylic acids is 3. The van der Waals surface area contributed by atoms with E-state index >= 15 is 0 Å². The van der Waals surface area contributed by atoms with E-state index in [4.69, 9.17) is 4.74 Å². The Morgan fingerprint density at radius 1 is 1.23 bits per heavy atom. The number of nitrogens with zero attached hydrogens (tertiary/aromatic N) is 3. The summed E-state index contributed by atoms with van der Waals surface area (Å²) in [7, 11) is 0. The highest BCUT2D eigenvalue weighted by molar-refractivity contribution is 8.00. The number of esters is 1. The van der Waals surface area contributed by atoms with Crippen LogP contribution in [0.2, 0.25) is 0 Å². The summed E-state index contributed by atoms with van der Waals surface area (Å²) in [5.74, 6) is -1.02. The fraction of sp³-hybridized carbons (Fsp3) is 0.444. The maximum absolute atomic E-state index is 13.5. The summed E-state index contributed by atoms with van der Waals surface area (Å²) in [5.41, 5.74) is 1.68. The Kier molecular flexibility index (Phi) is 9.73. The molecule has 1 aromatic carbocycles. The van der Waals surface area contributed by atoms with Crippen LogP contribution in [0, 0.1) is 5.82 Å². The van der Waals surface area contributed by atoms with Crippen molar-refractivity contribution in [3.63, 3.8) is 0 Å². The molecule has 0 saturated heterocycles. The zero-order chi connectivity index (χ0) is 27.9. The number of anilines is 1. The summed E-state index contributed by atoms with van der Waals surface area (Å²) >= 11 is 2.70. The molecule has 39 heavy (non-hydrogen) atoms. The highest BCUT2D eigenvalue weighted by Gasteiger charge is 2.29. The third kappa shape index (κ3) is 6.85. The van der Waals surface area contributed by atoms with Crippen LogP contribution < -0.4 is 10.6 Å². The number of thioether (sulfide) groups is 1. The molecule has 1 atom stereocenters. The zero-order valence-corrected chi connectivity index (χ0v) is 23.8. The molecule has 0 aliphatic heterocycles. The SMILES string of the molecule is CCCCn1c(CNC(=O)c2cccc(F)c2)nnc1S[C@H](C)C(=O)Nc1sc2c(c1C(=O)OCC)CCC2. The number of aromatic nitrogens is 3. The summed E-state index contributed by atoms with van der Waals surface area (Å²) in [6, 6.07) is 5.47. The van der Waals surface area contributed by atoms with E-state index in [2.05, 4.69) is 27.8 Å². The number of ether oxygens (including phenoxy) is 1. The Labute approximate surface area is 234 Å². The molecule has 2 amide bonds. The predicted octanol–water partition coefficient (Wildman–Crippen LogP) is 4.99. The molecule has 2 heterocycles. The highest BCUT2D eigenvalue weighted by atomic mass is 32.2. The van der Waals surface area contributed by atoms with Crippen LogP contribution in [-0.4, -0.2) is 44.4 Å². The van der Waals surface area contributed by atoms with Gasteiger partial charge in [0.2, 0.25) is 5.91 Å². The second kappa shape index (κ2) is 13.2. The van der Waals surface area contributed by atoms with Gasteiger partial charge in [-0.1, -0.05) is 31.2 Å². The first-order valence-electron chi connectivity index (χ1n) is 13.1. The molecule has 9 nitrogen and oxygen atoms in total. The molecule has 0 saturated carbocycles. The van der Waals surface area contributed by atoms with Crippen molar-refractivity contribution in [1.82, 2.24) is 20.1 Å². The second-order valence-corrected chi connectivity index (χ2v) is 11.5. The van der Waals surface area contributed by atoms with Crippen molar-refractivity contribution in [2.45, 2.75) is 76.4 Å². The summed E-state index contributed by atoms with van der Waals surface area (Å²) in [4.78, 5) is 39.4. The summed E-state index contributed by atoms with van der Waals surface area (Å²) in [6.45, 7) is 6.60. The molecule has 0 spiro atoms. The highest BCUT2D eigenvalue weighted by Crippen LogP contribution is 2.40. The summed E-state index contributed by atoms with van der Waals surface area (Å²) in [6.07, 6.45) is 4.49. The number of hydrogen-bond acceptors (Lipinski definition) is 8. The fourth-order valence-corrected chi connectivity index (χ4v) is 6.48. The third-order valence-electron chi connectivity index (χ3n) is 6.31. The number of carbonyl (C=O) groups is 3. The van der Waals surface area contributed by atoms with Gasteiger partial charge in [-0.15, -0.1) is 21.5 Å². The van der Waals surface area contributed by atoms with Gasteiger partial charge in [0.05, 0.1) is 24.0 Å². The Morgan fingerprint density at radius 2 is 2.05 bits per heavy atom. The topological polar surface area (TPSA) is 115 Å². The Morgan fingerprint density at radius 3 is 2.79 bits per heavy atom. The van der Waals surface area contributed by atoms with E-state index < -0.39 is 22.9 Å². The number of hydrogen-bond donors (Lipinski definition) is 2. The second-order valence-electron chi connectivity index (χ2n) is 9.13. The van der Waals surface area contributed by atoms with Gasteiger partial charge in [-0.25, -0.2) is 9.18 Å². The fourth-order valence-electron chi connectivity index (χ4n) is 4.31. The molecule has 2 aromatic heterocycles. The molecule has 4 rings (SSSR count). The van der Waals surface area contributed by atoms with Gasteiger partial charge in [0.1, 0.15) is 10.8 Å². The lowest BCUT2D eigenvalue weighted by Gasteiger charge is -2.14. The van der Waals surface area contributed by atoms with Gasteiger partial charge in [-0.3, -0.25) is 9.59 Å². The minimum Gasteiger partial charge on any atom is -0.462 e. The lowest BCUT2D eigenvalue weighted by atomic mass is 10.1. The Hall–Kier alpha value is -3.25. The first kappa shape index (κ1) is 28.8. The average molecular weight is 574 g/mol. The molecule has 1 aliphatic rings. The molecule has 0 fully saturated rings. The molecular formula is C27H32FN5O4S2. The number of fused-ring (bicyclic) bond motifs is 1. The molecule has 1 aliphatic carbocycles. The Balaban J connectivity index is 1.45. The number of unbranched alkanes of at least 4 members (excludes halogenated alkanes) is 1. The quantitative estimate of drug-likeness (QED) is 0.232. The molecule has 3 aromatic rings. The van der Waals surface area contributed by atoms with Gasteiger partial charge in [-0.2, -0.15) is 0 Å². The van der Waals surface area contributed by atoms with Gasteiger partial charge >= 0.3 is 5.97 Å². The maximum atomic E-state index is 13.5. The first-order valence-corrected chi connectivity index (χ1v) is 14.8. The van der Waals surface area contributed by atoms with E-state index in [-0.39, 0.29) is 24.6 Å². The van der Waals surface area contributed by atoms with Crippen molar-refractivity contribution < 1.29 is 23.5 Å². The molecule has 0 unspecified atom stereocenters. The maximum Gasteiger partial charge on any atom is 0.341 e. The van der Waals surface area contributed by atoms with E-state index in [0.717, 1.165) is 42.5 Å². The molecule has 12 heteroatoms. The number of nitrogens with one attached hydrogen (secondary N) is 2. The normalized spacial score (nSPS) is 13.1. The zero-order valence-electron chi connectivity index (χ0n) is 22.2. The third-order valence-corrected chi connectivity index (χ3v) is 8.60. The Bertz CT molecular complexity index is 1360. The number of rotatable bonds is 12. The number of thiophene rings is 1. The van der Waals surface area contributed by atoms with Crippen molar-refractivity contribution >= 4 is 45.9 Å². The molecule has 0 radical (unpaired) electrons. The van der Waals surface area contributed by atoms with Gasteiger partial charge in [0.15, 0.2) is 11.0 Å². The van der Waals surface area contributed by atoms with E-state index in [1.807, 2.05) is 4.57 Å². The van der Waals surface area contributed by atoms with Crippen LogP contribution in [0.4, 0.5) is 9.39 Å². The minimum atomic E-state index is -0.531. The largest absolute Gasteiger partial charge is 0.462 e. The lowest BCUT2D eigenvalue weighted by molar-refractivity contribution is -0.115. The van der Waals surface area contributed by atoms with E-state index in [0.29, 0.717) is 28.1 Å². The molecular weight excluding hydrogens is 541 g/mol. The molecule has 208 valence electrons. The van der Waals surface area contributed by atoms with Gasteiger partial charge in [-0.05, 0) is 63.3 Å². The number of halogens is 1. The van der Waals surface area contributed by atoms with Crippen molar-refractivity contribution in [1.29, 1.82) is 0 Å². The average Bonchev–Trinajstić information content (AvgIpc) is 3.60. The van der Waals surface area contributed by atoms with Gasteiger partial charge in [0.25, 0.3) is 5.91 Å². The van der Waals surface area contributed by atoms with Crippen LogP contribution >= 0.6 is 23.1 Å². The van der Waals surface area contributed by atoms with Crippen molar-refractivity contribution in [2.24, 2.45) is 0 Å². The van der Waals surface area contributed by atoms with Crippen molar-refractivity contribution in [3.8, 4) is 0 Å². The summed E-state index contributed by atoms with van der Waals surface area (Å²) in [5, 5.41) is 14.8. The smallest absolute Gasteiger partial charge is 0.341 e. The standard InChI is InChI=1S/C27H32FN5O4S2/c1-4-6-13-33-21(15-29-24(35)17-9-7-10-18(28)14-17)31-32-27(33)38-16(3)23(34)30-25-22(26(36)37-5-2)19-11-8-12-20(19)39-25/h7,9-10,14,16H,4-6,8,11-13,15H2,1-3H3,(H,29,35)(H,30,34)/t16-/m1/s1. The van der Waals surface area contributed by atoms with Crippen molar-refractivity contribution in [3.05, 3.63) is 57.5 Å². The van der Waals surface area contributed by atoms with Crippen molar-refractivity contribution in [2.75, 3.05) is 11.9 Å². The number of aryl methyl sites for hydroxylation is 1. The number of amides is 2. The van der Waals surface area contributed by atoms with Gasteiger partial charge in [0, 0.05) is 17.0 Å². The molecule has 2 N–H and O–H groups in total. The monoisotopic (exact) mass is 573 g/mol. The minimum absolute atomic E-state index is 0.108. The van der Waals surface area contributed by atoms with Crippen LogP contribution in [0.5, 0.6) is 0 Å². The van der Waals surface area contributed by atoms with Crippen LogP contribution in [0.15, 0.2) is 29.4 Å². The van der Waals surface area contributed by atoms with E-state index in [1.54, 1.807) is 13.8 Å². The van der Waals surface area contributed by atoms with Crippen LogP contribution in [0.1, 0.15) is 77.0 Å².